The van der Waals surface area contributed by atoms with Crippen LogP contribution >= 0.6 is 0 Å². The fourth-order valence-electron chi connectivity index (χ4n) is 9.21. The molecule has 0 saturated heterocycles. The molecule has 2 bridgehead atoms. The van der Waals surface area contributed by atoms with Crippen molar-refractivity contribution >= 4 is 24.1 Å². The Hall–Kier alpha value is -5.00. The van der Waals surface area contributed by atoms with E-state index in [1.54, 1.807) is 13.8 Å². The number of carbonyl (C=O) groups is 4. The molecule has 2 saturated carbocycles. The van der Waals surface area contributed by atoms with Gasteiger partial charge in [0.1, 0.15) is 37.9 Å². The molecule has 2 amide bonds. The van der Waals surface area contributed by atoms with Gasteiger partial charge < -0.3 is 39.1 Å². The van der Waals surface area contributed by atoms with Gasteiger partial charge in [0.25, 0.3) is 0 Å². The number of nitrogens with one attached hydrogen (secondary N) is 2. The van der Waals surface area contributed by atoms with Crippen LogP contribution in [0.5, 0.6) is 11.5 Å². The number of hydrogen-bond acceptors (Lipinski definition) is 10. The molecule has 67 heavy (non-hydrogen) atoms. The number of ether oxygens (including phenoxy) is 6. The van der Waals surface area contributed by atoms with Crippen molar-refractivity contribution in [3.05, 3.63) is 84.0 Å². The maximum atomic E-state index is 13.2. The number of alkyl carbamates (subject to hydrolysis) is 2. The van der Waals surface area contributed by atoms with Crippen molar-refractivity contribution in [1.29, 1.82) is 0 Å². The fourth-order valence-corrected chi connectivity index (χ4v) is 9.21. The quantitative estimate of drug-likeness (QED) is 0.0301. The van der Waals surface area contributed by atoms with E-state index < -0.39 is 36.3 Å². The molecule has 0 heterocycles. The lowest BCUT2D eigenvalue weighted by Gasteiger charge is -2.30. The van der Waals surface area contributed by atoms with Gasteiger partial charge in [0, 0.05) is 24.2 Å². The SMILES string of the molecule is C=C(C)C(=O)OCC(COc1ccc(CCCCCCCCC)cc1)OC(=O)NC[C@H]1CC2CC1[C@H](CNC(=O)O[C@@H](COC(=O)C(=C)C)COc1ccc(CCCCCCCCC)cc1)C2. The Morgan fingerprint density at radius 3 is 1.27 bits per heavy atom. The molecule has 12 heteroatoms. The highest BCUT2D eigenvalue weighted by atomic mass is 16.6. The second-order valence-corrected chi connectivity index (χ2v) is 19.0. The van der Waals surface area contributed by atoms with E-state index in [1.165, 1.54) is 88.2 Å². The molecule has 4 rings (SSSR count). The minimum absolute atomic E-state index is 0.00176. The zero-order chi connectivity index (χ0) is 48.2. The van der Waals surface area contributed by atoms with Crippen molar-refractivity contribution in [2.45, 2.75) is 162 Å². The average molecular weight is 931 g/mol. The predicted molar refractivity (Wildman–Crippen MR) is 263 cm³/mol. The smallest absolute Gasteiger partial charge is 0.407 e. The third-order valence-electron chi connectivity index (χ3n) is 13.0. The Kier molecular flexibility index (Phi) is 25.4. The van der Waals surface area contributed by atoms with E-state index in [4.69, 9.17) is 28.4 Å². The molecular weight excluding hydrogens is 849 g/mol. The number of esters is 2. The first-order valence-electron chi connectivity index (χ1n) is 25.4. The van der Waals surface area contributed by atoms with Crippen LogP contribution in [0.1, 0.15) is 148 Å². The maximum absolute atomic E-state index is 13.2. The van der Waals surface area contributed by atoms with Gasteiger partial charge in [-0.3, -0.25) is 0 Å². The van der Waals surface area contributed by atoms with Crippen LogP contribution in [0.4, 0.5) is 9.59 Å². The van der Waals surface area contributed by atoms with Crippen LogP contribution in [0.3, 0.4) is 0 Å². The topological polar surface area (TPSA) is 148 Å². The van der Waals surface area contributed by atoms with Gasteiger partial charge in [-0.05, 0) is 118 Å². The zero-order valence-corrected chi connectivity index (χ0v) is 41.3. The third kappa shape index (κ3) is 21.7. The first kappa shape index (κ1) is 54.6. The normalized spacial score (nSPS) is 18.0. The van der Waals surface area contributed by atoms with Crippen molar-refractivity contribution in [3.63, 3.8) is 0 Å². The molecule has 2 aliphatic carbocycles. The van der Waals surface area contributed by atoms with Crippen LogP contribution in [-0.2, 0) is 41.4 Å². The first-order valence-corrected chi connectivity index (χ1v) is 25.4. The Morgan fingerprint density at radius 1 is 0.537 bits per heavy atom. The van der Waals surface area contributed by atoms with E-state index in [0.717, 1.165) is 44.9 Å². The first-order chi connectivity index (χ1) is 32.4. The lowest BCUT2D eigenvalue weighted by atomic mass is 9.80. The summed E-state index contributed by atoms with van der Waals surface area (Å²) in [4.78, 5) is 50.7. The summed E-state index contributed by atoms with van der Waals surface area (Å²) in [5.74, 6) is 1.32. The highest BCUT2D eigenvalue weighted by molar-refractivity contribution is 5.87. The van der Waals surface area contributed by atoms with Crippen molar-refractivity contribution < 1.29 is 47.6 Å². The minimum atomic E-state index is -0.845. The largest absolute Gasteiger partial charge is 0.490 e. The molecule has 0 aromatic heterocycles. The van der Waals surface area contributed by atoms with Gasteiger partial charge in [-0.2, -0.15) is 0 Å². The molecule has 3 unspecified atom stereocenters. The van der Waals surface area contributed by atoms with Gasteiger partial charge in [0.15, 0.2) is 12.2 Å². The molecule has 372 valence electrons. The van der Waals surface area contributed by atoms with Gasteiger partial charge in [0.05, 0.1) is 0 Å². The second kappa shape index (κ2) is 31.1. The number of carbonyl (C=O) groups excluding carboxylic acids is 4. The van der Waals surface area contributed by atoms with Crippen LogP contribution in [0, 0.1) is 23.7 Å². The molecule has 12 nitrogen and oxygen atoms in total. The molecular formula is C55H82N2O10. The van der Waals surface area contributed by atoms with E-state index in [1.807, 2.05) is 24.3 Å². The van der Waals surface area contributed by atoms with E-state index in [-0.39, 0.29) is 49.4 Å². The van der Waals surface area contributed by atoms with Crippen LogP contribution in [0.15, 0.2) is 72.8 Å². The molecule has 0 spiro atoms. The van der Waals surface area contributed by atoms with E-state index >= 15 is 0 Å². The van der Waals surface area contributed by atoms with Crippen LogP contribution in [0.25, 0.3) is 0 Å². The van der Waals surface area contributed by atoms with E-state index in [0.29, 0.717) is 36.4 Å². The summed E-state index contributed by atoms with van der Waals surface area (Å²) in [5, 5.41) is 5.88. The number of benzene rings is 2. The summed E-state index contributed by atoms with van der Waals surface area (Å²) in [7, 11) is 0. The molecule has 6 atom stereocenters. The number of fused-ring (bicyclic) bond motifs is 2. The van der Waals surface area contributed by atoms with Crippen LogP contribution in [-0.4, -0.2) is 75.9 Å². The molecule has 0 radical (unpaired) electrons. The number of hydrogen-bond donors (Lipinski definition) is 2. The summed E-state index contributed by atoms with van der Waals surface area (Å²) in [6, 6.07) is 15.9. The highest BCUT2D eigenvalue weighted by Gasteiger charge is 2.46. The summed E-state index contributed by atoms with van der Waals surface area (Å²) >= 11 is 0. The van der Waals surface area contributed by atoms with Crippen molar-refractivity contribution in [2.75, 3.05) is 39.5 Å². The molecule has 2 fully saturated rings. The molecule has 2 N–H and O–H groups in total. The monoisotopic (exact) mass is 931 g/mol. The number of unbranched alkanes of at least 4 members (excludes halogenated alkanes) is 12. The van der Waals surface area contributed by atoms with Crippen molar-refractivity contribution in [3.8, 4) is 11.5 Å². The Bertz CT molecular complexity index is 1670. The lowest BCUT2D eigenvalue weighted by Crippen LogP contribution is -2.41. The second-order valence-electron chi connectivity index (χ2n) is 19.0. The minimum Gasteiger partial charge on any atom is -0.490 e. The Morgan fingerprint density at radius 2 is 0.910 bits per heavy atom. The fraction of sp³-hybridized carbons (Fsp3) is 0.636. The Balaban J connectivity index is 1.20. The van der Waals surface area contributed by atoms with E-state index in [2.05, 4.69) is 61.9 Å². The zero-order valence-electron chi connectivity index (χ0n) is 41.3. The average Bonchev–Trinajstić information content (AvgIpc) is 3.93. The van der Waals surface area contributed by atoms with Gasteiger partial charge in [0.2, 0.25) is 0 Å². The highest BCUT2D eigenvalue weighted by Crippen LogP contribution is 2.51. The number of rotatable bonds is 34. The molecule has 2 aliphatic rings. The number of aryl methyl sites for hydroxylation is 2. The summed E-state index contributed by atoms with van der Waals surface area (Å²) in [6.45, 7) is 15.4. The summed E-state index contributed by atoms with van der Waals surface area (Å²) in [5.41, 5.74) is 3.00. The molecule has 2 aromatic carbocycles. The predicted octanol–water partition coefficient (Wildman–Crippen LogP) is 11.8. The van der Waals surface area contributed by atoms with Gasteiger partial charge >= 0.3 is 24.1 Å². The lowest BCUT2D eigenvalue weighted by molar-refractivity contribution is -0.143. The van der Waals surface area contributed by atoms with Crippen molar-refractivity contribution in [2.24, 2.45) is 23.7 Å². The van der Waals surface area contributed by atoms with Crippen LogP contribution in [0.2, 0.25) is 0 Å². The van der Waals surface area contributed by atoms with Gasteiger partial charge in [-0.25, -0.2) is 19.2 Å². The Labute approximate surface area is 401 Å². The summed E-state index contributed by atoms with van der Waals surface area (Å²) in [6.07, 6.45) is 19.8. The third-order valence-corrected chi connectivity index (χ3v) is 13.0. The molecule has 2 aromatic rings. The standard InChI is InChI=1S/C55H82N2O10/c1-7-9-11-13-15-17-19-21-42-23-27-47(28-24-42)62-36-49(38-64-52(58)40(3)4)66-54(60)56-34-45-31-44-32-46(51(45)33-44)35-57-55(61)67-50(39-65-53(59)41(5)6)37-63-48-29-25-43(26-30-48)22-20-18-16-14-12-10-8-2/h23-30,44-46,49-51H,3,5,7-22,31-39H2,1-2,4,6H3,(H,56,60)(H,57,61)/t44?,45-,46+,49+,50?,51?/m0/s1. The number of amides is 2. The molecule has 0 aliphatic heterocycles. The summed E-state index contributed by atoms with van der Waals surface area (Å²) < 4.78 is 34.2. The van der Waals surface area contributed by atoms with Gasteiger partial charge in [-0.15, -0.1) is 0 Å². The van der Waals surface area contributed by atoms with Gasteiger partial charge in [-0.1, -0.05) is 128 Å². The van der Waals surface area contributed by atoms with Crippen molar-refractivity contribution in [1.82, 2.24) is 10.6 Å². The maximum Gasteiger partial charge on any atom is 0.407 e. The van der Waals surface area contributed by atoms with Crippen LogP contribution < -0.4 is 20.1 Å². The van der Waals surface area contributed by atoms with E-state index in [9.17, 15) is 19.2 Å².